The van der Waals surface area contributed by atoms with Gasteiger partial charge < -0.3 is 0 Å². The minimum absolute atomic E-state index is 0.130. The zero-order valence-electron chi connectivity index (χ0n) is 15.1. The molecule has 0 aliphatic heterocycles. The SMILES string of the molecule is CC(C)(C)S(=O)(=O)NC1CCC(C(=O)NNc2c(Cl)cccc2Cl)CC1. The lowest BCUT2D eigenvalue weighted by Crippen LogP contribution is -2.47. The molecule has 0 heterocycles. The lowest BCUT2D eigenvalue weighted by Gasteiger charge is -2.30. The van der Waals surface area contributed by atoms with E-state index in [0.717, 1.165) is 0 Å². The van der Waals surface area contributed by atoms with Gasteiger partial charge >= 0.3 is 0 Å². The summed E-state index contributed by atoms with van der Waals surface area (Å²) in [6.45, 7) is 5.00. The third kappa shape index (κ3) is 5.25. The normalized spacial score (nSPS) is 21.3. The van der Waals surface area contributed by atoms with Crippen LogP contribution in [0.1, 0.15) is 46.5 Å². The molecule has 9 heteroatoms. The van der Waals surface area contributed by atoms with E-state index in [0.29, 0.717) is 41.4 Å². The van der Waals surface area contributed by atoms with Crippen LogP contribution < -0.4 is 15.6 Å². The molecule has 0 saturated heterocycles. The molecule has 1 aromatic carbocycles. The van der Waals surface area contributed by atoms with Gasteiger partial charge in [-0.1, -0.05) is 29.3 Å². The van der Waals surface area contributed by atoms with Crippen molar-refractivity contribution in [1.82, 2.24) is 10.1 Å². The van der Waals surface area contributed by atoms with Crippen LogP contribution in [0.3, 0.4) is 0 Å². The van der Waals surface area contributed by atoms with Gasteiger partial charge in [-0.15, -0.1) is 0 Å². The molecule has 0 bridgehead atoms. The second kappa shape index (κ2) is 8.33. The third-order valence-electron chi connectivity index (χ3n) is 4.50. The summed E-state index contributed by atoms with van der Waals surface area (Å²) in [5, 5.41) is 0.830. The first-order valence-electron chi connectivity index (χ1n) is 8.53. The predicted octanol–water partition coefficient (Wildman–Crippen LogP) is 3.71. The number of benzene rings is 1. The van der Waals surface area contributed by atoms with Crippen LogP contribution in [0.25, 0.3) is 0 Å². The Hall–Kier alpha value is -1.02. The molecule has 0 radical (unpaired) electrons. The molecule has 0 atom stereocenters. The minimum Gasteiger partial charge on any atom is -0.296 e. The number of carbonyl (C=O) groups is 1. The van der Waals surface area contributed by atoms with E-state index in [1.165, 1.54) is 0 Å². The first kappa shape index (κ1) is 21.3. The van der Waals surface area contributed by atoms with E-state index >= 15 is 0 Å². The molecule has 26 heavy (non-hydrogen) atoms. The molecule has 0 aromatic heterocycles. The van der Waals surface area contributed by atoms with E-state index in [-0.39, 0.29) is 17.9 Å². The topological polar surface area (TPSA) is 87.3 Å². The lowest BCUT2D eigenvalue weighted by atomic mass is 9.86. The van der Waals surface area contributed by atoms with Crippen molar-refractivity contribution in [2.45, 2.75) is 57.2 Å². The van der Waals surface area contributed by atoms with Crippen molar-refractivity contribution in [2.75, 3.05) is 5.43 Å². The molecule has 3 N–H and O–H groups in total. The van der Waals surface area contributed by atoms with Crippen molar-refractivity contribution in [3.05, 3.63) is 28.2 Å². The van der Waals surface area contributed by atoms with Crippen LogP contribution in [0, 0.1) is 5.92 Å². The van der Waals surface area contributed by atoms with Gasteiger partial charge in [0.05, 0.1) is 20.5 Å². The van der Waals surface area contributed by atoms with Crippen LogP contribution in [-0.4, -0.2) is 25.1 Å². The van der Waals surface area contributed by atoms with E-state index in [1.54, 1.807) is 39.0 Å². The molecular weight excluding hydrogens is 397 g/mol. The fourth-order valence-corrected chi connectivity index (χ4v) is 4.23. The van der Waals surface area contributed by atoms with Gasteiger partial charge in [0.25, 0.3) is 0 Å². The van der Waals surface area contributed by atoms with E-state index in [9.17, 15) is 13.2 Å². The maximum atomic E-state index is 12.3. The Labute approximate surface area is 165 Å². The summed E-state index contributed by atoms with van der Waals surface area (Å²) in [5.41, 5.74) is 5.87. The van der Waals surface area contributed by atoms with Gasteiger partial charge in [-0.05, 0) is 58.6 Å². The molecular formula is C17H25Cl2N3O3S. The fraction of sp³-hybridized carbons (Fsp3) is 0.588. The number of carbonyl (C=O) groups excluding carboxylic acids is 1. The summed E-state index contributed by atoms with van der Waals surface area (Å²) in [5.74, 6) is -0.336. The van der Waals surface area contributed by atoms with Crippen molar-refractivity contribution in [3.8, 4) is 0 Å². The standard InChI is InChI=1S/C17H25Cl2N3O3S/c1-17(2,3)26(24,25)22-12-9-7-11(8-10-12)16(23)21-20-15-13(18)5-4-6-14(15)19/h4-6,11-12,20,22H,7-10H2,1-3H3,(H,21,23). The fourth-order valence-electron chi connectivity index (χ4n) is 2.71. The maximum Gasteiger partial charge on any atom is 0.241 e. The van der Waals surface area contributed by atoms with E-state index in [1.807, 2.05) is 0 Å². The number of rotatable bonds is 5. The third-order valence-corrected chi connectivity index (χ3v) is 7.39. The summed E-state index contributed by atoms with van der Waals surface area (Å²) < 4.78 is 26.4. The van der Waals surface area contributed by atoms with E-state index < -0.39 is 14.8 Å². The molecule has 1 saturated carbocycles. The zero-order chi connectivity index (χ0) is 19.5. The molecule has 1 aliphatic carbocycles. The van der Waals surface area contributed by atoms with Crippen LogP contribution in [0.4, 0.5) is 5.69 Å². The Morgan fingerprint density at radius 3 is 2.12 bits per heavy atom. The average molecular weight is 422 g/mol. The molecule has 0 unspecified atom stereocenters. The monoisotopic (exact) mass is 421 g/mol. The highest BCUT2D eigenvalue weighted by atomic mass is 35.5. The molecule has 1 amide bonds. The van der Waals surface area contributed by atoms with Crippen LogP contribution in [0.5, 0.6) is 0 Å². The minimum atomic E-state index is -3.38. The second-order valence-electron chi connectivity index (χ2n) is 7.49. The molecule has 0 spiro atoms. The molecule has 1 aromatic rings. The number of amides is 1. The van der Waals surface area contributed by atoms with Gasteiger partial charge in [-0.25, -0.2) is 13.1 Å². The Bertz CT molecular complexity index is 735. The summed E-state index contributed by atoms with van der Waals surface area (Å²) in [6, 6.07) is 4.94. The van der Waals surface area contributed by atoms with Crippen LogP contribution in [-0.2, 0) is 14.8 Å². The van der Waals surface area contributed by atoms with Gasteiger partial charge in [-0.3, -0.25) is 15.6 Å². The van der Waals surface area contributed by atoms with Crippen LogP contribution >= 0.6 is 23.2 Å². The summed E-state index contributed by atoms with van der Waals surface area (Å²) in [7, 11) is -3.38. The zero-order valence-corrected chi connectivity index (χ0v) is 17.4. The number of hydrazine groups is 1. The van der Waals surface area contributed by atoms with Gasteiger partial charge in [0.1, 0.15) is 0 Å². The predicted molar refractivity (Wildman–Crippen MR) is 106 cm³/mol. The van der Waals surface area contributed by atoms with Crippen LogP contribution in [0.15, 0.2) is 18.2 Å². The molecule has 1 fully saturated rings. The van der Waals surface area contributed by atoms with Gasteiger partial charge in [0.15, 0.2) is 0 Å². The number of hydrogen-bond acceptors (Lipinski definition) is 4. The number of sulfonamides is 1. The number of hydrogen-bond donors (Lipinski definition) is 3. The van der Waals surface area contributed by atoms with Crippen molar-refractivity contribution >= 4 is 44.8 Å². The number of halogens is 2. The van der Waals surface area contributed by atoms with Gasteiger partial charge in [0.2, 0.25) is 15.9 Å². The molecule has 146 valence electrons. The van der Waals surface area contributed by atoms with Crippen molar-refractivity contribution in [2.24, 2.45) is 5.92 Å². The van der Waals surface area contributed by atoms with Gasteiger partial charge in [-0.2, -0.15) is 0 Å². The maximum absolute atomic E-state index is 12.3. The highest BCUT2D eigenvalue weighted by molar-refractivity contribution is 7.90. The Morgan fingerprint density at radius 2 is 1.62 bits per heavy atom. The molecule has 6 nitrogen and oxygen atoms in total. The second-order valence-corrected chi connectivity index (χ2v) is 10.8. The summed E-state index contributed by atoms with van der Waals surface area (Å²) >= 11 is 12.1. The van der Waals surface area contributed by atoms with E-state index in [4.69, 9.17) is 23.2 Å². The highest BCUT2D eigenvalue weighted by Crippen LogP contribution is 2.30. The smallest absolute Gasteiger partial charge is 0.241 e. The van der Waals surface area contributed by atoms with Crippen LogP contribution in [0.2, 0.25) is 10.0 Å². The Kier molecular flexibility index (Phi) is 6.82. The Balaban J connectivity index is 1.85. The largest absolute Gasteiger partial charge is 0.296 e. The summed E-state index contributed by atoms with van der Waals surface area (Å²) in [6.07, 6.45) is 2.47. The highest BCUT2D eigenvalue weighted by Gasteiger charge is 2.34. The number of nitrogens with one attached hydrogen (secondary N) is 3. The first-order valence-corrected chi connectivity index (χ1v) is 10.8. The Morgan fingerprint density at radius 1 is 1.08 bits per heavy atom. The number of para-hydroxylation sites is 1. The summed E-state index contributed by atoms with van der Waals surface area (Å²) in [4.78, 5) is 12.3. The average Bonchev–Trinajstić information content (AvgIpc) is 2.53. The molecule has 2 rings (SSSR count). The first-order chi connectivity index (χ1) is 12.0. The number of anilines is 1. The quantitative estimate of drug-likeness (QED) is 0.632. The van der Waals surface area contributed by atoms with Gasteiger partial charge in [0, 0.05) is 12.0 Å². The van der Waals surface area contributed by atoms with Crippen molar-refractivity contribution < 1.29 is 13.2 Å². The van der Waals surface area contributed by atoms with E-state index in [2.05, 4.69) is 15.6 Å². The van der Waals surface area contributed by atoms with Crippen molar-refractivity contribution in [1.29, 1.82) is 0 Å². The van der Waals surface area contributed by atoms with Crippen molar-refractivity contribution in [3.63, 3.8) is 0 Å². The lowest BCUT2D eigenvalue weighted by molar-refractivity contribution is -0.125. The molecule has 1 aliphatic rings.